The fraction of sp³-hybridized carbons (Fsp3) is 0.562. The molecule has 21 heavy (non-hydrogen) atoms. The Hall–Kier alpha value is -0.820. The highest BCUT2D eigenvalue weighted by Crippen LogP contribution is 2.24. The van der Waals surface area contributed by atoms with Crippen LogP contribution in [0.4, 0.5) is 0 Å². The number of benzene rings is 1. The maximum absolute atomic E-state index is 5.93. The molecule has 0 aliphatic heterocycles. The highest BCUT2D eigenvalue weighted by molar-refractivity contribution is 14.0. The van der Waals surface area contributed by atoms with Crippen molar-refractivity contribution in [3.05, 3.63) is 35.4 Å². The number of nitrogens with two attached hydrogens (primary N) is 1. The normalized spacial score (nSPS) is 15.5. The second-order valence-electron chi connectivity index (χ2n) is 5.89. The summed E-state index contributed by atoms with van der Waals surface area (Å²) in [6.07, 6.45) is 4.01. The number of halogens is 1. The Bertz CT molecular complexity index is 455. The van der Waals surface area contributed by atoms with E-state index in [1.165, 1.54) is 30.4 Å². The predicted molar refractivity (Wildman–Crippen MR) is 99.9 cm³/mol. The van der Waals surface area contributed by atoms with E-state index in [0.29, 0.717) is 12.5 Å². The molecule has 0 radical (unpaired) electrons. The number of hydrogen-bond acceptors (Lipinski definition) is 2. The lowest BCUT2D eigenvalue weighted by atomic mass is 9.85. The van der Waals surface area contributed by atoms with Crippen LogP contribution in [0.1, 0.15) is 30.4 Å². The Morgan fingerprint density at radius 3 is 2.52 bits per heavy atom. The van der Waals surface area contributed by atoms with Crippen LogP contribution in [0.5, 0.6) is 0 Å². The van der Waals surface area contributed by atoms with Crippen molar-refractivity contribution in [2.45, 2.75) is 32.4 Å². The van der Waals surface area contributed by atoms with Gasteiger partial charge in [0.15, 0.2) is 5.96 Å². The van der Waals surface area contributed by atoms with Gasteiger partial charge in [0.1, 0.15) is 0 Å². The van der Waals surface area contributed by atoms with E-state index in [-0.39, 0.29) is 24.0 Å². The first-order chi connectivity index (χ1) is 9.65. The van der Waals surface area contributed by atoms with Crippen molar-refractivity contribution in [2.24, 2.45) is 16.6 Å². The molecule has 3 N–H and O–H groups in total. The summed E-state index contributed by atoms with van der Waals surface area (Å²) in [7, 11) is 4.16. The van der Waals surface area contributed by atoms with Gasteiger partial charge < -0.3 is 16.0 Å². The molecule has 1 saturated carbocycles. The summed E-state index contributed by atoms with van der Waals surface area (Å²) in [6, 6.07) is 8.41. The van der Waals surface area contributed by atoms with Crippen LogP contribution in [0.25, 0.3) is 0 Å². The second-order valence-corrected chi connectivity index (χ2v) is 5.89. The molecule has 5 heteroatoms. The fourth-order valence-electron chi connectivity index (χ4n) is 2.38. The molecule has 1 aromatic rings. The Kier molecular flexibility index (Phi) is 8.03. The van der Waals surface area contributed by atoms with E-state index in [2.05, 4.69) is 53.6 Å². The molecule has 0 bridgehead atoms. The third-order valence-electron chi connectivity index (χ3n) is 3.82. The number of aliphatic imine (C=N–C) groups is 1. The molecule has 1 aliphatic carbocycles. The van der Waals surface area contributed by atoms with Gasteiger partial charge in [0.2, 0.25) is 0 Å². The van der Waals surface area contributed by atoms with Crippen LogP contribution in [-0.2, 0) is 13.1 Å². The van der Waals surface area contributed by atoms with Crippen molar-refractivity contribution in [1.29, 1.82) is 0 Å². The van der Waals surface area contributed by atoms with E-state index in [4.69, 9.17) is 5.73 Å². The van der Waals surface area contributed by atoms with Crippen molar-refractivity contribution in [3.8, 4) is 0 Å². The van der Waals surface area contributed by atoms with E-state index >= 15 is 0 Å². The molecule has 4 nitrogen and oxygen atoms in total. The quantitative estimate of drug-likeness (QED) is 0.437. The minimum Gasteiger partial charge on any atom is -0.370 e. The molecular weight excluding hydrogens is 375 g/mol. The Morgan fingerprint density at radius 1 is 1.29 bits per heavy atom. The smallest absolute Gasteiger partial charge is 0.188 e. The zero-order valence-corrected chi connectivity index (χ0v) is 15.3. The Balaban J connectivity index is 0.00000220. The molecule has 1 aliphatic rings. The van der Waals surface area contributed by atoms with Crippen LogP contribution >= 0.6 is 24.0 Å². The predicted octanol–water partition coefficient (Wildman–Crippen LogP) is 2.57. The minimum atomic E-state index is 0. The van der Waals surface area contributed by atoms with Crippen LogP contribution in [0.2, 0.25) is 0 Å². The van der Waals surface area contributed by atoms with E-state index in [1.807, 2.05) is 0 Å². The van der Waals surface area contributed by atoms with Gasteiger partial charge in [-0.15, -0.1) is 24.0 Å². The van der Waals surface area contributed by atoms with Crippen molar-refractivity contribution >= 4 is 29.9 Å². The van der Waals surface area contributed by atoms with Crippen LogP contribution in [0.3, 0.4) is 0 Å². The number of nitrogens with zero attached hydrogens (tertiary/aromatic N) is 2. The second kappa shape index (κ2) is 9.25. The lowest BCUT2D eigenvalue weighted by molar-refractivity contribution is 0.315. The minimum absolute atomic E-state index is 0. The average Bonchev–Trinajstić information content (AvgIpc) is 2.35. The zero-order chi connectivity index (χ0) is 14.4. The van der Waals surface area contributed by atoms with Gasteiger partial charge in [-0.2, -0.15) is 0 Å². The van der Waals surface area contributed by atoms with Crippen LogP contribution in [0.15, 0.2) is 29.3 Å². The summed E-state index contributed by atoms with van der Waals surface area (Å²) < 4.78 is 0. The first-order valence-corrected chi connectivity index (χ1v) is 7.40. The number of guanidine groups is 1. The first-order valence-electron chi connectivity index (χ1n) is 7.40. The van der Waals surface area contributed by atoms with Crippen LogP contribution < -0.4 is 11.1 Å². The summed E-state index contributed by atoms with van der Waals surface area (Å²) in [5.41, 5.74) is 8.49. The average molecular weight is 402 g/mol. The summed E-state index contributed by atoms with van der Waals surface area (Å²) in [4.78, 5) is 6.62. The molecule has 1 aromatic carbocycles. The van der Waals surface area contributed by atoms with Crippen molar-refractivity contribution < 1.29 is 0 Å². The SMILES string of the molecule is CN(C)Cc1ccccc1CN=C(N)NCC1CCC1.I. The number of hydrogen-bond donors (Lipinski definition) is 2. The van der Waals surface area contributed by atoms with Crippen LogP contribution in [-0.4, -0.2) is 31.5 Å². The highest BCUT2D eigenvalue weighted by atomic mass is 127. The number of nitrogens with one attached hydrogen (secondary N) is 1. The van der Waals surface area contributed by atoms with Gasteiger partial charge in [-0.1, -0.05) is 30.7 Å². The van der Waals surface area contributed by atoms with Gasteiger partial charge in [-0.05, 0) is 44.0 Å². The largest absolute Gasteiger partial charge is 0.370 e. The van der Waals surface area contributed by atoms with E-state index in [9.17, 15) is 0 Å². The Labute approximate surface area is 145 Å². The van der Waals surface area contributed by atoms with Gasteiger partial charge >= 0.3 is 0 Å². The van der Waals surface area contributed by atoms with Crippen LogP contribution in [0, 0.1) is 5.92 Å². The lowest BCUT2D eigenvalue weighted by Gasteiger charge is -2.25. The van der Waals surface area contributed by atoms with E-state index in [0.717, 1.165) is 19.0 Å². The van der Waals surface area contributed by atoms with Gasteiger partial charge in [0, 0.05) is 13.1 Å². The van der Waals surface area contributed by atoms with Crippen molar-refractivity contribution in [2.75, 3.05) is 20.6 Å². The maximum atomic E-state index is 5.93. The number of rotatable bonds is 6. The molecule has 0 unspecified atom stereocenters. The molecule has 0 aromatic heterocycles. The molecule has 0 amide bonds. The molecular formula is C16H27IN4. The molecule has 0 atom stereocenters. The zero-order valence-electron chi connectivity index (χ0n) is 13.0. The van der Waals surface area contributed by atoms with Gasteiger partial charge in [0.05, 0.1) is 6.54 Å². The van der Waals surface area contributed by atoms with Gasteiger partial charge in [-0.3, -0.25) is 0 Å². The summed E-state index contributed by atoms with van der Waals surface area (Å²) in [5, 5.41) is 3.23. The third-order valence-corrected chi connectivity index (χ3v) is 3.82. The lowest BCUT2D eigenvalue weighted by Crippen LogP contribution is -2.37. The highest BCUT2D eigenvalue weighted by Gasteiger charge is 2.16. The molecule has 1 fully saturated rings. The summed E-state index contributed by atoms with van der Waals surface area (Å²) in [5.74, 6) is 1.36. The maximum Gasteiger partial charge on any atom is 0.188 e. The standard InChI is InChI=1S/C16H26N4.HI/c1-20(2)12-15-9-4-3-8-14(15)11-19-16(17)18-10-13-6-5-7-13;/h3-4,8-9,13H,5-7,10-12H2,1-2H3,(H3,17,18,19);1H. The molecule has 0 spiro atoms. The third kappa shape index (κ3) is 6.22. The van der Waals surface area contributed by atoms with Gasteiger partial charge in [-0.25, -0.2) is 4.99 Å². The van der Waals surface area contributed by atoms with Gasteiger partial charge in [0.25, 0.3) is 0 Å². The van der Waals surface area contributed by atoms with Crippen molar-refractivity contribution in [3.63, 3.8) is 0 Å². The summed E-state index contributed by atoms with van der Waals surface area (Å²) in [6.45, 7) is 2.54. The van der Waals surface area contributed by atoms with E-state index in [1.54, 1.807) is 0 Å². The molecule has 0 saturated heterocycles. The van der Waals surface area contributed by atoms with E-state index < -0.39 is 0 Å². The fourth-order valence-corrected chi connectivity index (χ4v) is 2.38. The molecule has 0 heterocycles. The molecule has 118 valence electrons. The molecule has 2 rings (SSSR count). The van der Waals surface area contributed by atoms with Crippen molar-refractivity contribution in [1.82, 2.24) is 10.2 Å². The monoisotopic (exact) mass is 402 g/mol. The summed E-state index contributed by atoms with van der Waals surface area (Å²) >= 11 is 0. The topological polar surface area (TPSA) is 53.6 Å². The Morgan fingerprint density at radius 2 is 1.95 bits per heavy atom. The first kappa shape index (κ1) is 18.2.